The SMILES string of the molecule is CC(C)(C)OC(=O)N1CCOc2c(cccc2-c2ccc(C(F)(F)F)cc2)C1. The first-order chi connectivity index (χ1) is 13.0. The van der Waals surface area contributed by atoms with Gasteiger partial charge < -0.3 is 14.4 Å². The summed E-state index contributed by atoms with van der Waals surface area (Å²) in [4.78, 5) is 14.0. The third-order valence-electron chi connectivity index (χ3n) is 4.24. The molecular formula is C21H22F3NO3. The zero-order valence-electron chi connectivity index (χ0n) is 16.0. The monoisotopic (exact) mass is 393 g/mol. The second kappa shape index (κ2) is 7.37. The molecule has 1 aliphatic heterocycles. The number of hydrogen-bond donors (Lipinski definition) is 0. The van der Waals surface area contributed by atoms with Crippen molar-refractivity contribution < 1.29 is 27.4 Å². The number of hydrogen-bond acceptors (Lipinski definition) is 3. The lowest BCUT2D eigenvalue weighted by Crippen LogP contribution is -2.37. The number of carbonyl (C=O) groups is 1. The van der Waals surface area contributed by atoms with Gasteiger partial charge in [-0.25, -0.2) is 4.79 Å². The van der Waals surface area contributed by atoms with Crippen molar-refractivity contribution >= 4 is 6.09 Å². The van der Waals surface area contributed by atoms with Gasteiger partial charge in [-0.3, -0.25) is 0 Å². The molecule has 0 saturated carbocycles. The van der Waals surface area contributed by atoms with E-state index < -0.39 is 23.4 Å². The Bertz CT molecular complexity index is 855. The molecule has 0 radical (unpaired) electrons. The summed E-state index contributed by atoms with van der Waals surface area (Å²) in [5, 5.41) is 0. The van der Waals surface area contributed by atoms with Gasteiger partial charge in [0.15, 0.2) is 0 Å². The van der Waals surface area contributed by atoms with Crippen molar-refractivity contribution in [2.24, 2.45) is 0 Å². The molecule has 0 bridgehead atoms. The number of ether oxygens (including phenoxy) is 2. The molecule has 0 aliphatic carbocycles. The lowest BCUT2D eigenvalue weighted by molar-refractivity contribution is -0.137. The van der Waals surface area contributed by atoms with Crippen LogP contribution in [0.1, 0.15) is 31.9 Å². The Labute approximate surface area is 161 Å². The first-order valence-electron chi connectivity index (χ1n) is 8.95. The number of halogens is 3. The van der Waals surface area contributed by atoms with E-state index in [0.29, 0.717) is 30.0 Å². The first kappa shape index (κ1) is 20.0. The third-order valence-corrected chi connectivity index (χ3v) is 4.24. The van der Waals surface area contributed by atoms with Crippen LogP contribution in [0.4, 0.5) is 18.0 Å². The molecule has 0 fully saturated rings. The molecule has 7 heteroatoms. The van der Waals surface area contributed by atoms with Crippen LogP contribution in [0, 0.1) is 0 Å². The molecule has 1 aliphatic rings. The summed E-state index contributed by atoms with van der Waals surface area (Å²) in [5.74, 6) is 0.577. The average molecular weight is 393 g/mol. The normalized spacial score (nSPS) is 14.7. The molecule has 0 N–H and O–H groups in total. The fraction of sp³-hybridized carbons (Fsp3) is 0.381. The Balaban J connectivity index is 1.89. The second-order valence-corrected chi connectivity index (χ2v) is 7.62. The number of benzene rings is 2. The van der Waals surface area contributed by atoms with Crippen LogP contribution in [0.3, 0.4) is 0 Å². The van der Waals surface area contributed by atoms with Crippen LogP contribution in [-0.2, 0) is 17.5 Å². The van der Waals surface area contributed by atoms with Crippen molar-refractivity contribution in [3.8, 4) is 16.9 Å². The maximum absolute atomic E-state index is 12.8. The molecule has 28 heavy (non-hydrogen) atoms. The zero-order chi connectivity index (χ0) is 20.5. The van der Waals surface area contributed by atoms with E-state index in [0.717, 1.165) is 17.7 Å². The lowest BCUT2D eigenvalue weighted by atomic mass is 10.00. The average Bonchev–Trinajstić information content (AvgIpc) is 2.82. The van der Waals surface area contributed by atoms with Gasteiger partial charge in [0.05, 0.1) is 18.7 Å². The lowest BCUT2D eigenvalue weighted by Gasteiger charge is -2.26. The molecule has 0 aromatic heterocycles. The summed E-state index contributed by atoms with van der Waals surface area (Å²) in [5.41, 5.74) is 0.790. The number of alkyl halides is 3. The van der Waals surface area contributed by atoms with E-state index in [1.165, 1.54) is 12.1 Å². The highest BCUT2D eigenvalue weighted by Crippen LogP contribution is 2.37. The van der Waals surface area contributed by atoms with E-state index >= 15 is 0 Å². The minimum absolute atomic E-state index is 0.268. The Morgan fingerprint density at radius 1 is 1.07 bits per heavy atom. The zero-order valence-corrected chi connectivity index (χ0v) is 16.0. The van der Waals surface area contributed by atoms with Crippen molar-refractivity contribution in [1.82, 2.24) is 4.90 Å². The van der Waals surface area contributed by atoms with E-state index in [2.05, 4.69) is 0 Å². The van der Waals surface area contributed by atoms with Gasteiger partial charge in [0.1, 0.15) is 18.0 Å². The van der Waals surface area contributed by atoms with E-state index in [1.54, 1.807) is 37.8 Å². The van der Waals surface area contributed by atoms with Crippen molar-refractivity contribution in [2.75, 3.05) is 13.2 Å². The van der Waals surface area contributed by atoms with Crippen LogP contribution < -0.4 is 4.74 Å². The molecule has 0 spiro atoms. The van der Waals surface area contributed by atoms with Crippen LogP contribution >= 0.6 is 0 Å². The van der Waals surface area contributed by atoms with E-state index in [1.807, 2.05) is 6.07 Å². The molecule has 0 atom stereocenters. The van der Waals surface area contributed by atoms with Gasteiger partial charge >= 0.3 is 12.3 Å². The van der Waals surface area contributed by atoms with Gasteiger partial charge in [0.2, 0.25) is 0 Å². The molecule has 2 aromatic carbocycles. The first-order valence-corrected chi connectivity index (χ1v) is 8.95. The van der Waals surface area contributed by atoms with E-state index in [4.69, 9.17) is 9.47 Å². The van der Waals surface area contributed by atoms with Crippen molar-refractivity contribution in [2.45, 2.75) is 39.1 Å². The van der Waals surface area contributed by atoms with Gasteiger partial charge in [0, 0.05) is 11.1 Å². The van der Waals surface area contributed by atoms with Gasteiger partial charge in [-0.05, 0) is 38.5 Å². The van der Waals surface area contributed by atoms with Crippen LogP contribution in [0.5, 0.6) is 5.75 Å². The summed E-state index contributed by atoms with van der Waals surface area (Å²) in [6, 6.07) is 10.4. The molecule has 1 heterocycles. The molecule has 4 nitrogen and oxygen atoms in total. The predicted molar refractivity (Wildman–Crippen MR) is 99.0 cm³/mol. The fourth-order valence-electron chi connectivity index (χ4n) is 2.97. The number of para-hydroxylation sites is 1. The molecule has 0 saturated heterocycles. The number of fused-ring (bicyclic) bond motifs is 1. The van der Waals surface area contributed by atoms with Crippen molar-refractivity contribution in [1.29, 1.82) is 0 Å². The van der Waals surface area contributed by atoms with Gasteiger partial charge in [-0.2, -0.15) is 13.2 Å². The third kappa shape index (κ3) is 4.58. The van der Waals surface area contributed by atoms with Gasteiger partial charge in [0.25, 0.3) is 0 Å². The smallest absolute Gasteiger partial charge is 0.416 e. The van der Waals surface area contributed by atoms with Gasteiger partial charge in [-0.15, -0.1) is 0 Å². The van der Waals surface area contributed by atoms with Gasteiger partial charge in [-0.1, -0.05) is 30.3 Å². The highest BCUT2D eigenvalue weighted by molar-refractivity contribution is 5.74. The van der Waals surface area contributed by atoms with E-state index in [-0.39, 0.29) is 6.61 Å². The Hall–Kier alpha value is -2.70. The Morgan fingerprint density at radius 2 is 1.75 bits per heavy atom. The molecule has 0 unspecified atom stereocenters. The van der Waals surface area contributed by atoms with Crippen molar-refractivity contribution in [3.63, 3.8) is 0 Å². The van der Waals surface area contributed by atoms with Crippen LogP contribution in [0.15, 0.2) is 42.5 Å². The molecular weight excluding hydrogens is 371 g/mol. The summed E-state index contributed by atoms with van der Waals surface area (Å²) in [6.07, 6.45) is -4.81. The van der Waals surface area contributed by atoms with Crippen molar-refractivity contribution in [3.05, 3.63) is 53.6 Å². The minimum Gasteiger partial charge on any atom is -0.491 e. The van der Waals surface area contributed by atoms with Crippen LogP contribution in [-0.4, -0.2) is 29.7 Å². The number of rotatable bonds is 1. The number of carbonyl (C=O) groups excluding carboxylic acids is 1. The molecule has 150 valence electrons. The summed E-state index contributed by atoms with van der Waals surface area (Å²) >= 11 is 0. The highest BCUT2D eigenvalue weighted by atomic mass is 19.4. The molecule has 2 aromatic rings. The number of nitrogens with zero attached hydrogens (tertiary/aromatic N) is 1. The van der Waals surface area contributed by atoms with Crippen LogP contribution in [0.25, 0.3) is 11.1 Å². The minimum atomic E-state index is -4.38. The van der Waals surface area contributed by atoms with Crippen LogP contribution in [0.2, 0.25) is 0 Å². The second-order valence-electron chi connectivity index (χ2n) is 7.62. The summed E-state index contributed by atoms with van der Waals surface area (Å²) < 4.78 is 49.7. The fourth-order valence-corrected chi connectivity index (χ4v) is 2.97. The Morgan fingerprint density at radius 3 is 2.36 bits per heavy atom. The maximum Gasteiger partial charge on any atom is 0.416 e. The topological polar surface area (TPSA) is 38.8 Å². The highest BCUT2D eigenvalue weighted by Gasteiger charge is 2.30. The van der Waals surface area contributed by atoms with E-state index in [9.17, 15) is 18.0 Å². The largest absolute Gasteiger partial charge is 0.491 e. The molecule has 3 rings (SSSR count). The number of amides is 1. The Kier molecular flexibility index (Phi) is 5.28. The summed E-state index contributed by atoms with van der Waals surface area (Å²) in [7, 11) is 0. The summed E-state index contributed by atoms with van der Waals surface area (Å²) in [6.45, 7) is 6.33. The predicted octanol–water partition coefficient (Wildman–Crippen LogP) is 5.50. The molecule has 1 amide bonds. The standard InChI is InChI=1S/C21H22F3NO3/c1-20(2,3)28-19(26)25-11-12-27-18-15(13-25)5-4-6-17(18)14-7-9-16(10-8-14)21(22,23)24/h4-10H,11-13H2,1-3H3. The quantitative estimate of drug-likeness (QED) is 0.642. The maximum atomic E-state index is 12.8.